The lowest BCUT2D eigenvalue weighted by Gasteiger charge is -2.10. The van der Waals surface area contributed by atoms with Crippen LogP contribution in [-0.4, -0.2) is 4.98 Å². The molecule has 0 unspecified atom stereocenters. The molecule has 0 bridgehead atoms. The summed E-state index contributed by atoms with van der Waals surface area (Å²) in [5.41, 5.74) is -0.521. The van der Waals surface area contributed by atoms with Crippen LogP contribution in [0.4, 0.5) is 17.6 Å². The smallest absolute Gasteiger partial charge is 0.419 e. The van der Waals surface area contributed by atoms with Crippen LogP contribution in [0.3, 0.4) is 0 Å². The number of rotatable bonds is 2. The molecule has 3 nitrogen and oxygen atoms in total. The number of aryl methyl sites for hydroxylation is 1. The molecule has 0 aliphatic carbocycles. The van der Waals surface area contributed by atoms with Crippen LogP contribution in [0.25, 0.3) is 11.1 Å². The van der Waals surface area contributed by atoms with Crippen LogP contribution in [0, 0.1) is 12.7 Å². The van der Waals surface area contributed by atoms with Crippen LogP contribution in [0.15, 0.2) is 39.2 Å². The van der Waals surface area contributed by atoms with Crippen LogP contribution in [0.1, 0.15) is 11.5 Å². The second-order valence-electron chi connectivity index (χ2n) is 4.70. The molecule has 1 aromatic heterocycles. The molecular formula is C15H8BrF4NO2. The molecule has 0 aliphatic rings. The van der Waals surface area contributed by atoms with Gasteiger partial charge in [0.2, 0.25) is 0 Å². The molecule has 0 radical (unpaired) electrons. The van der Waals surface area contributed by atoms with Crippen molar-refractivity contribution in [2.45, 2.75) is 13.1 Å². The zero-order valence-corrected chi connectivity index (χ0v) is 13.1. The monoisotopic (exact) mass is 389 g/mol. The van der Waals surface area contributed by atoms with E-state index in [2.05, 4.69) is 20.9 Å². The van der Waals surface area contributed by atoms with E-state index in [4.69, 9.17) is 9.15 Å². The molecule has 23 heavy (non-hydrogen) atoms. The van der Waals surface area contributed by atoms with Gasteiger partial charge in [0.15, 0.2) is 22.7 Å². The predicted octanol–water partition coefficient (Wildman–Crippen LogP) is 5.85. The Morgan fingerprint density at radius 3 is 2.57 bits per heavy atom. The summed E-state index contributed by atoms with van der Waals surface area (Å²) in [6.45, 7) is 1.65. The number of aromatic nitrogens is 1. The van der Waals surface area contributed by atoms with E-state index in [0.717, 1.165) is 6.07 Å². The first-order valence-corrected chi connectivity index (χ1v) is 7.15. The third kappa shape index (κ3) is 3.03. The summed E-state index contributed by atoms with van der Waals surface area (Å²) in [6.07, 6.45) is -4.75. The van der Waals surface area contributed by atoms with E-state index in [1.54, 1.807) is 19.1 Å². The van der Waals surface area contributed by atoms with E-state index in [1.165, 1.54) is 0 Å². The molecule has 3 aromatic rings. The third-order valence-corrected chi connectivity index (χ3v) is 3.66. The fourth-order valence-corrected chi connectivity index (χ4v) is 2.46. The SMILES string of the molecule is Cc1nc2c(Oc3ccc(C(F)(F)F)c(F)c3)ccc(Br)c2o1. The lowest BCUT2D eigenvalue weighted by atomic mass is 10.2. The lowest BCUT2D eigenvalue weighted by molar-refractivity contribution is -0.140. The zero-order valence-electron chi connectivity index (χ0n) is 11.5. The Bertz CT molecular complexity index is 889. The maximum atomic E-state index is 13.6. The highest BCUT2D eigenvalue weighted by Crippen LogP contribution is 2.37. The summed E-state index contributed by atoms with van der Waals surface area (Å²) < 4.78 is 62.8. The minimum atomic E-state index is -4.75. The summed E-state index contributed by atoms with van der Waals surface area (Å²) in [5, 5.41) is 0. The number of nitrogens with zero attached hydrogens (tertiary/aromatic N) is 1. The summed E-state index contributed by atoms with van der Waals surface area (Å²) >= 11 is 3.30. The van der Waals surface area contributed by atoms with Crippen LogP contribution in [-0.2, 0) is 6.18 Å². The van der Waals surface area contributed by atoms with Gasteiger partial charge in [-0.05, 0) is 40.2 Å². The number of hydrogen-bond acceptors (Lipinski definition) is 3. The van der Waals surface area contributed by atoms with Crippen molar-refractivity contribution in [3.05, 3.63) is 52.1 Å². The second kappa shape index (κ2) is 5.52. The van der Waals surface area contributed by atoms with Gasteiger partial charge in [0.05, 0.1) is 10.0 Å². The molecule has 0 amide bonds. The Morgan fingerprint density at radius 2 is 1.91 bits per heavy atom. The predicted molar refractivity (Wildman–Crippen MR) is 77.9 cm³/mol. The summed E-state index contributed by atoms with van der Waals surface area (Å²) in [6, 6.07) is 5.57. The molecule has 0 atom stereocenters. The largest absolute Gasteiger partial charge is 0.455 e. The Balaban J connectivity index is 2.00. The molecule has 0 aliphatic heterocycles. The van der Waals surface area contributed by atoms with Crippen LogP contribution >= 0.6 is 15.9 Å². The average molecular weight is 390 g/mol. The Labute approximate surface area is 136 Å². The van der Waals surface area contributed by atoms with Gasteiger partial charge in [-0.2, -0.15) is 13.2 Å². The van der Waals surface area contributed by atoms with Gasteiger partial charge < -0.3 is 9.15 Å². The molecule has 8 heteroatoms. The quantitative estimate of drug-likeness (QED) is 0.515. The van der Waals surface area contributed by atoms with Crippen molar-refractivity contribution in [1.29, 1.82) is 0 Å². The van der Waals surface area contributed by atoms with E-state index >= 15 is 0 Å². The number of benzene rings is 2. The lowest BCUT2D eigenvalue weighted by Crippen LogP contribution is -2.07. The molecule has 0 saturated carbocycles. The van der Waals surface area contributed by atoms with E-state index in [1.807, 2.05) is 0 Å². The normalized spacial score (nSPS) is 11.9. The number of halogens is 5. The van der Waals surface area contributed by atoms with E-state index in [0.29, 0.717) is 33.6 Å². The standard InChI is InChI=1S/C15H8BrF4NO2/c1-7-21-13-12(5-4-10(16)14(13)22-7)23-8-2-3-9(11(17)6-8)15(18,19)20/h2-6H,1H3. The zero-order chi connectivity index (χ0) is 16.8. The van der Waals surface area contributed by atoms with Gasteiger partial charge in [0.1, 0.15) is 11.6 Å². The summed E-state index contributed by atoms with van der Waals surface area (Å²) in [5.74, 6) is -0.825. The van der Waals surface area contributed by atoms with Crippen LogP contribution in [0.2, 0.25) is 0 Å². The van der Waals surface area contributed by atoms with E-state index in [-0.39, 0.29) is 11.5 Å². The minimum Gasteiger partial charge on any atom is -0.455 e. The molecule has 0 fully saturated rings. The summed E-state index contributed by atoms with van der Waals surface area (Å²) in [4.78, 5) is 4.15. The minimum absolute atomic E-state index is 0.0697. The summed E-state index contributed by atoms with van der Waals surface area (Å²) in [7, 11) is 0. The number of hydrogen-bond donors (Lipinski definition) is 0. The van der Waals surface area contributed by atoms with Crippen LogP contribution in [0.5, 0.6) is 11.5 Å². The molecule has 1 heterocycles. The third-order valence-electron chi connectivity index (χ3n) is 3.04. The maximum absolute atomic E-state index is 13.6. The molecule has 120 valence electrons. The highest BCUT2D eigenvalue weighted by atomic mass is 79.9. The van der Waals surface area contributed by atoms with Gasteiger partial charge in [-0.1, -0.05) is 0 Å². The first kappa shape index (κ1) is 15.8. The number of fused-ring (bicyclic) bond motifs is 1. The molecule has 0 N–H and O–H groups in total. The Hall–Kier alpha value is -2.09. The van der Waals surface area contributed by atoms with Crippen LogP contribution < -0.4 is 4.74 Å². The topological polar surface area (TPSA) is 35.3 Å². The highest BCUT2D eigenvalue weighted by molar-refractivity contribution is 9.10. The van der Waals surface area contributed by atoms with Crippen molar-refractivity contribution in [3.8, 4) is 11.5 Å². The van der Waals surface area contributed by atoms with Gasteiger partial charge >= 0.3 is 6.18 Å². The number of alkyl halides is 3. The van der Waals surface area contributed by atoms with E-state index in [9.17, 15) is 17.6 Å². The molecule has 2 aromatic carbocycles. The van der Waals surface area contributed by atoms with Crippen molar-refractivity contribution in [2.24, 2.45) is 0 Å². The fourth-order valence-electron chi connectivity index (χ4n) is 2.06. The Kier molecular flexibility index (Phi) is 3.79. The van der Waals surface area contributed by atoms with Gasteiger partial charge in [-0.25, -0.2) is 9.37 Å². The van der Waals surface area contributed by atoms with Gasteiger partial charge in [-0.3, -0.25) is 0 Å². The first-order valence-electron chi connectivity index (χ1n) is 6.36. The fraction of sp³-hybridized carbons (Fsp3) is 0.133. The van der Waals surface area contributed by atoms with Crippen molar-refractivity contribution < 1.29 is 26.7 Å². The molecule has 0 spiro atoms. The van der Waals surface area contributed by atoms with Gasteiger partial charge in [-0.15, -0.1) is 0 Å². The molecule has 0 saturated heterocycles. The number of ether oxygens (including phenoxy) is 1. The van der Waals surface area contributed by atoms with Gasteiger partial charge in [0, 0.05) is 13.0 Å². The maximum Gasteiger partial charge on any atom is 0.419 e. The highest BCUT2D eigenvalue weighted by Gasteiger charge is 2.34. The van der Waals surface area contributed by atoms with Crippen molar-refractivity contribution in [3.63, 3.8) is 0 Å². The number of oxazole rings is 1. The Morgan fingerprint density at radius 1 is 1.17 bits per heavy atom. The molecule has 3 rings (SSSR count). The first-order chi connectivity index (χ1) is 10.8. The van der Waals surface area contributed by atoms with Gasteiger partial charge in [0.25, 0.3) is 0 Å². The van der Waals surface area contributed by atoms with Crippen molar-refractivity contribution >= 4 is 27.0 Å². The molecular weight excluding hydrogens is 382 g/mol. The van der Waals surface area contributed by atoms with Crippen molar-refractivity contribution in [2.75, 3.05) is 0 Å². The van der Waals surface area contributed by atoms with E-state index < -0.39 is 17.6 Å². The second-order valence-corrected chi connectivity index (χ2v) is 5.55. The van der Waals surface area contributed by atoms with Crippen molar-refractivity contribution in [1.82, 2.24) is 4.98 Å². The average Bonchev–Trinajstić information content (AvgIpc) is 2.83.